The summed E-state index contributed by atoms with van der Waals surface area (Å²) in [4.78, 5) is 12.2. The Morgan fingerprint density at radius 1 is 1.53 bits per heavy atom. The minimum absolute atomic E-state index is 0.0102. The zero-order valence-electron chi connectivity index (χ0n) is 10.5. The number of ether oxygens (including phenoxy) is 2. The number of hydrogen-bond acceptors (Lipinski definition) is 4. The van der Waals surface area contributed by atoms with E-state index in [-0.39, 0.29) is 17.4 Å². The third kappa shape index (κ3) is 2.97. The highest BCUT2D eigenvalue weighted by atomic mass is 16.6. The molecule has 0 aliphatic carbocycles. The molecule has 0 aromatic carbocycles. The molecule has 2 heterocycles. The zero-order valence-corrected chi connectivity index (χ0v) is 10.5. The average molecular weight is 242 g/mol. The van der Waals surface area contributed by atoms with Crippen LogP contribution < -0.4 is 10.6 Å². The molecule has 17 heavy (non-hydrogen) atoms. The van der Waals surface area contributed by atoms with Crippen molar-refractivity contribution in [3.8, 4) is 0 Å². The molecule has 5 nitrogen and oxygen atoms in total. The van der Waals surface area contributed by atoms with E-state index in [2.05, 4.69) is 17.6 Å². The van der Waals surface area contributed by atoms with E-state index in [0.29, 0.717) is 26.4 Å². The summed E-state index contributed by atoms with van der Waals surface area (Å²) in [6.07, 6.45) is 1.82. The first-order valence-electron chi connectivity index (χ1n) is 6.45. The van der Waals surface area contributed by atoms with E-state index in [9.17, 15) is 4.79 Å². The average Bonchev–Trinajstić information content (AvgIpc) is 2.87. The quantitative estimate of drug-likeness (QED) is 0.723. The van der Waals surface area contributed by atoms with Crippen molar-refractivity contribution in [1.29, 1.82) is 0 Å². The summed E-state index contributed by atoms with van der Waals surface area (Å²) in [5.41, 5.74) is -0.213. The number of amides is 1. The third-order valence-electron chi connectivity index (χ3n) is 3.78. The van der Waals surface area contributed by atoms with E-state index in [1.165, 1.54) is 0 Å². The minimum atomic E-state index is -0.213. The molecule has 1 amide bonds. The molecule has 2 rings (SSSR count). The van der Waals surface area contributed by atoms with Gasteiger partial charge in [-0.3, -0.25) is 4.79 Å². The summed E-state index contributed by atoms with van der Waals surface area (Å²) in [5, 5.41) is 6.27. The molecule has 0 bridgehead atoms. The Bertz CT molecular complexity index is 258. The third-order valence-corrected chi connectivity index (χ3v) is 3.78. The lowest BCUT2D eigenvalue weighted by Gasteiger charge is -2.28. The van der Waals surface area contributed by atoms with Crippen LogP contribution >= 0.6 is 0 Å². The van der Waals surface area contributed by atoms with E-state index in [1.54, 1.807) is 0 Å². The Balaban J connectivity index is 1.79. The first-order chi connectivity index (χ1) is 8.27. The lowest BCUT2D eigenvalue weighted by atomic mass is 9.83. The van der Waals surface area contributed by atoms with E-state index < -0.39 is 0 Å². The van der Waals surface area contributed by atoms with Gasteiger partial charge < -0.3 is 20.1 Å². The van der Waals surface area contributed by atoms with Gasteiger partial charge in [-0.1, -0.05) is 6.92 Å². The Morgan fingerprint density at radius 3 is 3.00 bits per heavy atom. The first-order valence-corrected chi connectivity index (χ1v) is 6.45. The fourth-order valence-corrected chi connectivity index (χ4v) is 2.45. The van der Waals surface area contributed by atoms with Crippen LogP contribution in [0.1, 0.15) is 19.8 Å². The Morgan fingerprint density at radius 2 is 2.41 bits per heavy atom. The normalized spacial score (nSPS) is 33.6. The van der Waals surface area contributed by atoms with Crippen LogP contribution in [0.15, 0.2) is 0 Å². The second kappa shape index (κ2) is 5.80. The van der Waals surface area contributed by atoms with E-state index >= 15 is 0 Å². The van der Waals surface area contributed by atoms with E-state index in [0.717, 1.165) is 25.9 Å². The van der Waals surface area contributed by atoms with Gasteiger partial charge in [-0.15, -0.1) is 0 Å². The molecule has 0 saturated carbocycles. The summed E-state index contributed by atoms with van der Waals surface area (Å²) in [7, 11) is 0. The number of rotatable bonds is 4. The smallest absolute Gasteiger partial charge is 0.227 e. The highest BCUT2D eigenvalue weighted by Crippen LogP contribution is 2.29. The first kappa shape index (κ1) is 12.8. The van der Waals surface area contributed by atoms with Crippen molar-refractivity contribution >= 4 is 5.91 Å². The molecular formula is C12H22N2O3. The molecule has 2 fully saturated rings. The maximum Gasteiger partial charge on any atom is 0.227 e. The van der Waals surface area contributed by atoms with Crippen molar-refractivity contribution in [2.75, 3.05) is 39.5 Å². The summed E-state index contributed by atoms with van der Waals surface area (Å²) < 4.78 is 10.8. The van der Waals surface area contributed by atoms with Gasteiger partial charge >= 0.3 is 0 Å². The van der Waals surface area contributed by atoms with Gasteiger partial charge in [0.2, 0.25) is 5.91 Å². The Kier molecular flexibility index (Phi) is 4.36. The van der Waals surface area contributed by atoms with Crippen molar-refractivity contribution in [3.05, 3.63) is 0 Å². The molecule has 98 valence electrons. The summed E-state index contributed by atoms with van der Waals surface area (Å²) in [5.74, 6) is 0.152. The molecule has 2 unspecified atom stereocenters. The molecule has 0 aromatic rings. The molecule has 2 saturated heterocycles. The summed E-state index contributed by atoms with van der Waals surface area (Å²) >= 11 is 0. The van der Waals surface area contributed by atoms with Gasteiger partial charge in [0.05, 0.1) is 31.3 Å². The lowest BCUT2D eigenvalue weighted by molar-refractivity contribution is -0.132. The van der Waals surface area contributed by atoms with Crippen LogP contribution in [0.3, 0.4) is 0 Å². The van der Waals surface area contributed by atoms with Crippen LogP contribution in [-0.2, 0) is 14.3 Å². The van der Waals surface area contributed by atoms with Gasteiger partial charge in [0.15, 0.2) is 0 Å². The van der Waals surface area contributed by atoms with Crippen LogP contribution in [0.4, 0.5) is 0 Å². The molecule has 0 spiro atoms. The standard InChI is InChI=1S/C12H22N2O3/c1-2-12(3-4-13-9-12)11(15)14-7-10-8-16-5-6-17-10/h10,13H,2-9H2,1H3,(H,14,15). The van der Waals surface area contributed by atoms with Crippen LogP contribution in [0.25, 0.3) is 0 Å². The fourth-order valence-electron chi connectivity index (χ4n) is 2.45. The molecule has 0 radical (unpaired) electrons. The zero-order chi connectivity index (χ0) is 12.1. The molecular weight excluding hydrogens is 220 g/mol. The van der Waals surface area contributed by atoms with Crippen LogP contribution in [-0.4, -0.2) is 51.5 Å². The Labute approximate surface area is 102 Å². The highest BCUT2D eigenvalue weighted by Gasteiger charge is 2.39. The second-order valence-electron chi connectivity index (χ2n) is 4.84. The monoisotopic (exact) mass is 242 g/mol. The van der Waals surface area contributed by atoms with Crippen molar-refractivity contribution in [1.82, 2.24) is 10.6 Å². The van der Waals surface area contributed by atoms with Crippen LogP contribution in [0, 0.1) is 5.41 Å². The maximum absolute atomic E-state index is 12.2. The van der Waals surface area contributed by atoms with Gasteiger partial charge in [0, 0.05) is 13.1 Å². The number of carbonyl (C=O) groups is 1. The van der Waals surface area contributed by atoms with Gasteiger partial charge in [0.25, 0.3) is 0 Å². The maximum atomic E-state index is 12.2. The minimum Gasteiger partial charge on any atom is -0.376 e. The molecule has 2 N–H and O–H groups in total. The topological polar surface area (TPSA) is 59.6 Å². The van der Waals surface area contributed by atoms with Gasteiger partial charge in [-0.05, 0) is 19.4 Å². The lowest BCUT2D eigenvalue weighted by Crippen LogP contribution is -2.47. The number of hydrogen-bond donors (Lipinski definition) is 2. The van der Waals surface area contributed by atoms with Crippen LogP contribution in [0.2, 0.25) is 0 Å². The van der Waals surface area contributed by atoms with Gasteiger partial charge in [-0.25, -0.2) is 0 Å². The van der Waals surface area contributed by atoms with Crippen molar-refractivity contribution in [2.24, 2.45) is 5.41 Å². The summed E-state index contributed by atoms with van der Waals surface area (Å²) in [6.45, 7) is 6.22. The Hall–Kier alpha value is -0.650. The van der Waals surface area contributed by atoms with Crippen molar-refractivity contribution in [3.63, 3.8) is 0 Å². The van der Waals surface area contributed by atoms with Crippen molar-refractivity contribution in [2.45, 2.75) is 25.9 Å². The number of nitrogens with one attached hydrogen (secondary N) is 2. The SMILES string of the molecule is CCC1(C(=O)NCC2COCCO2)CCNC1. The number of carbonyl (C=O) groups excluding carboxylic acids is 1. The fraction of sp³-hybridized carbons (Fsp3) is 0.917. The molecule has 2 aliphatic rings. The molecule has 2 aliphatic heterocycles. The molecule has 2 atom stereocenters. The second-order valence-corrected chi connectivity index (χ2v) is 4.84. The molecule has 0 aromatic heterocycles. The van der Waals surface area contributed by atoms with Gasteiger partial charge in [0.1, 0.15) is 0 Å². The predicted octanol–water partition coefficient (Wildman–Crippen LogP) is -0.0923. The van der Waals surface area contributed by atoms with Crippen molar-refractivity contribution < 1.29 is 14.3 Å². The predicted molar refractivity (Wildman–Crippen MR) is 63.8 cm³/mol. The van der Waals surface area contributed by atoms with Gasteiger partial charge in [-0.2, -0.15) is 0 Å². The van der Waals surface area contributed by atoms with E-state index in [1.807, 2.05) is 0 Å². The van der Waals surface area contributed by atoms with E-state index in [4.69, 9.17) is 9.47 Å². The molecule has 5 heteroatoms. The highest BCUT2D eigenvalue weighted by molar-refractivity contribution is 5.83. The summed E-state index contributed by atoms with van der Waals surface area (Å²) in [6, 6.07) is 0. The van der Waals surface area contributed by atoms with Crippen LogP contribution in [0.5, 0.6) is 0 Å². The largest absolute Gasteiger partial charge is 0.376 e.